The summed E-state index contributed by atoms with van der Waals surface area (Å²) < 4.78 is 0. The van der Waals surface area contributed by atoms with Crippen LogP contribution < -0.4 is 10.2 Å². The molecule has 1 atom stereocenters. The zero-order chi connectivity index (χ0) is 13.7. The number of carboxylic acid groups (broad SMARTS) is 1. The van der Waals surface area contributed by atoms with Crippen molar-refractivity contribution >= 4 is 17.6 Å². The molecule has 18 heavy (non-hydrogen) atoms. The third kappa shape index (κ3) is 3.30. The van der Waals surface area contributed by atoms with E-state index < -0.39 is 5.97 Å². The molecule has 98 valence electrons. The SMILES string of the molecule is CNCC(C)C(=O)N(C)c1ccc(C(=O)O)cc1. The topological polar surface area (TPSA) is 69.6 Å². The molecule has 2 N–H and O–H groups in total. The Hall–Kier alpha value is -1.88. The largest absolute Gasteiger partial charge is 0.478 e. The molecule has 0 spiro atoms. The summed E-state index contributed by atoms with van der Waals surface area (Å²) in [5, 5.41) is 11.7. The second-order valence-corrected chi connectivity index (χ2v) is 4.21. The number of nitrogens with one attached hydrogen (secondary N) is 1. The van der Waals surface area contributed by atoms with Crippen molar-refractivity contribution < 1.29 is 14.7 Å². The van der Waals surface area contributed by atoms with E-state index in [4.69, 9.17) is 5.11 Å². The number of nitrogens with zero attached hydrogens (tertiary/aromatic N) is 1. The molecule has 0 aliphatic heterocycles. The molecule has 1 unspecified atom stereocenters. The van der Waals surface area contributed by atoms with Gasteiger partial charge in [-0.3, -0.25) is 4.79 Å². The Kier molecular flexibility index (Phi) is 4.85. The van der Waals surface area contributed by atoms with Crippen LogP contribution in [0.5, 0.6) is 0 Å². The number of amides is 1. The second-order valence-electron chi connectivity index (χ2n) is 4.21. The number of aromatic carboxylic acids is 1. The Labute approximate surface area is 106 Å². The average Bonchev–Trinajstić information content (AvgIpc) is 2.37. The normalized spacial score (nSPS) is 11.9. The van der Waals surface area contributed by atoms with Crippen LogP contribution in [0.1, 0.15) is 17.3 Å². The van der Waals surface area contributed by atoms with Gasteiger partial charge in [0, 0.05) is 25.2 Å². The van der Waals surface area contributed by atoms with E-state index in [2.05, 4.69) is 5.32 Å². The van der Waals surface area contributed by atoms with Gasteiger partial charge in [0.2, 0.25) is 5.91 Å². The zero-order valence-corrected chi connectivity index (χ0v) is 10.8. The number of anilines is 1. The van der Waals surface area contributed by atoms with Crippen molar-refractivity contribution in [1.29, 1.82) is 0 Å². The summed E-state index contributed by atoms with van der Waals surface area (Å²) in [4.78, 5) is 24.3. The van der Waals surface area contributed by atoms with Crippen molar-refractivity contribution in [3.8, 4) is 0 Å². The summed E-state index contributed by atoms with van der Waals surface area (Å²) in [6.45, 7) is 2.46. The van der Waals surface area contributed by atoms with E-state index in [-0.39, 0.29) is 17.4 Å². The number of rotatable bonds is 5. The van der Waals surface area contributed by atoms with Crippen LogP contribution in [0.25, 0.3) is 0 Å². The first-order valence-corrected chi connectivity index (χ1v) is 5.73. The van der Waals surface area contributed by atoms with Crippen LogP contribution in [0.15, 0.2) is 24.3 Å². The summed E-state index contributed by atoms with van der Waals surface area (Å²) in [6, 6.07) is 6.25. The van der Waals surface area contributed by atoms with E-state index in [1.807, 2.05) is 6.92 Å². The lowest BCUT2D eigenvalue weighted by atomic mass is 10.1. The van der Waals surface area contributed by atoms with Gasteiger partial charge in [-0.15, -0.1) is 0 Å². The van der Waals surface area contributed by atoms with Crippen LogP contribution in [-0.4, -0.2) is 37.6 Å². The highest BCUT2D eigenvalue weighted by atomic mass is 16.4. The van der Waals surface area contributed by atoms with Crippen LogP contribution >= 0.6 is 0 Å². The molecule has 0 radical (unpaired) electrons. The number of carbonyl (C=O) groups is 2. The summed E-state index contributed by atoms with van der Waals surface area (Å²) in [5.74, 6) is -1.11. The van der Waals surface area contributed by atoms with E-state index in [0.717, 1.165) is 0 Å². The number of carbonyl (C=O) groups excluding carboxylic acids is 1. The Balaban J connectivity index is 2.80. The van der Waals surface area contributed by atoms with Gasteiger partial charge in [0.05, 0.1) is 5.56 Å². The van der Waals surface area contributed by atoms with Gasteiger partial charge in [0.1, 0.15) is 0 Å². The second kappa shape index (κ2) is 6.16. The molecule has 1 aromatic rings. The summed E-state index contributed by atoms with van der Waals surface area (Å²) >= 11 is 0. The minimum absolute atomic E-state index is 0.00701. The standard InChI is InChI=1S/C13H18N2O3/c1-9(8-14-2)12(16)15(3)11-6-4-10(5-7-11)13(17)18/h4-7,9,14H,8H2,1-3H3,(H,17,18). The van der Waals surface area contributed by atoms with Crippen LogP contribution in [-0.2, 0) is 4.79 Å². The minimum Gasteiger partial charge on any atom is -0.478 e. The minimum atomic E-state index is -0.973. The highest BCUT2D eigenvalue weighted by Gasteiger charge is 2.18. The lowest BCUT2D eigenvalue weighted by Crippen LogP contribution is -2.35. The average molecular weight is 250 g/mol. The van der Waals surface area contributed by atoms with Gasteiger partial charge in [-0.05, 0) is 31.3 Å². The number of carboxylic acids is 1. The number of hydrogen-bond donors (Lipinski definition) is 2. The molecule has 0 aliphatic rings. The molecule has 0 saturated carbocycles. The molecule has 0 aliphatic carbocycles. The number of benzene rings is 1. The molecule has 1 aromatic carbocycles. The Morgan fingerprint density at radius 1 is 1.33 bits per heavy atom. The summed E-state index contributed by atoms with van der Waals surface area (Å²) in [7, 11) is 3.48. The quantitative estimate of drug-likeness (QED) is 0.824. The van der Waals surface area contributed by atoms with Gasteiger partial charge in [-0.25, -0.2) is 4.79 Å². The molecular weight excluding hydrogens is 232 g/mol. The van der Waals surface area contributed by atoms with Crippen molar-refractivity contribution in [2.45, 2.75) is 6.92 Å². The third-order valence-corrected chi connectivity index (χ3v) is 2.76. The number of hydrogen-bond acceptors (Lipinski definition) is 3. The third-order valence-electron chi connectivity index (χ3n) is 2.76. The van der Waals surface area contributed by atoms with Crippen molar-refractivity contribution in [3.63, 3.8) is 0 Å². The molecule has 0 bridgehead atoms. The van der Waals surface area contributed by atoms with Gasteiger partial charge in [0.25, 0.3) is 0 Å². The Morgan fingerprint density at radius 3 is 2.33 bits per heavy atom. The molecule has 0 saturated heterocycles. The van der Waals surface area contributed by atoms with Gasteiger partial charge in [-0.1, -0.05) is 6.92 Å². The highest BCUT2D eigenvalue weighted by Crippen LogP contribution is 2.16. The van der Waals surface area contributed by atoms with Crippen molar-refractivity contribution in [3.05, 3.63) is 29.8 Å². The van der Waals surface area contributed by atoms with Crippen LogP contribution in [0.4, 0.5) is 5.69 Å². The van der Waals surface area contributed by atoms with Crippen LogP contribution in [0.2, 0.25) is 0 Å². The fourth-order valence-corrected chi connectivity index (χ4v) is 1.68. The first-order valence-electron chi connectivity index (χ1n) is 5.73. The molecule has 0 heterocycles. The lowest BCUT2D eigenvalue weighted by Gasteiger charge is -2.21. The molecular formula is C13H18N2O3. The van der Waals surface area contributed by atoms with Crippen molar-refractivity contribution in [2.75, 3.05) is 25.5 Å². The van der Waals surface area contributed by atoms with E-state index in [0.29, 0.717) is 12.2 Å². The first kappa shape index (κ1) is 14.2. The zero-order valence-electron chi connectivity index (χ0n) is 10.8. The van der Waals surface area contributed by atoms with Gasteiger partial charge in [0.15, 0.2) is 0 Å². The molecule has 1 amide bonds. The predicted octanol–water partition coefficient (Wildman–Crippen LogP) is 1.20. The fraction of sp³-hybridized carbons (Fsp3) is 0.385. The summed E-state index contributed by atoms with van der Waals surface area (Å²) in [5.41, 5.74) is 0.899. The van der Waals surface area contributed by atoms with Crippen molar-refractivity contribution in [1.82, 2.24) is 5.32 Å². The Bertz CT molecular complexity index is 428. The molecule has 1 rings (SSSR count). The fourth-order valence-electron chi connectivity index (χ4n) is 1.68. The van der Waals surface area contributed by atoms with Crippen LogP contribution in [0.3, 0.4) is 0 Å². The highest BCUT2D eigenvalue weighted by molar-refractivity contribution is 5.95. The maximum absolute atomic E-state index is 12.0. The van der Waals surface area contributed by atoms with Crippen molar-refractivity contribution in [2.24, 2.45) is 5.92 Å². The maximum atomic E-state index is 12.0. The predicted molar refractivity (Wildman–Crippen MR) is 69.9 cm³/mol. The van der Waals surface area contributed by atoms with E-state index in [9.17, 15) is 9.59 Å². The van der Waals surface area contributed by atoms with E-state index in [1.165, 1.54) is 17.0 Å². The lowest BCUT2D eigenvalue weighted by molar-refractivity contribution is -0.121. The maximum Gasteiger partial charge on any atom is 0.335 e. The van der Waals surface area contributed by atoms with E-state index >= 15 is 0 Å². The Morgan fingerprint density at radius 2 is 1.89 bits per heavy atom. The molecule has 5 heteroatoms. The smallest absolute Gasteiger partial charge is 0.335 e. The monoisotopic (exact) mass is 250 g/mol. The summed E-state index contributed by atoms with van der Waals surface area (Å²) in [6.07, 6.45) is 0. The van der Waals surface area contributed by atoms with Gasteiger partial charge < -0.3 is 15.3 Å². The molecule has 5 nitrogen and oxygen atoms in total. The molecule has 0 aromatic heterocycles. The van der Waals surface area contributed by atoms with Gasteiger partial charge in [-0.2, -0.15) is 0 Å². The van der Waals surface area contributed by atoms with Crippen LogP contribution in [0, 0.1) is 5.92 Å². The van der Waals surface area contributed by atoms with E-state index in [1.54, 1.807) is 26.2 Å². The molecule has 0 fully saturated rings. The first-order chi connectivity index (χ1) is 8.47. The van der Waals surface area contributed by atoms with Gasteiger partial charge >= 0.3 is 5.97 Å².